The van der Waals surface area contributed by atoms with Gasteiger partial charge in [0.25, 0.3) is 0 Å². The summed E-state index contributed by atoms with van der Waals surface area (Å²) in [5, 5.41) is 6.27. The lowest BCUT2D eigenvalue weighted by molar-refractivity contribution is -0.121. The number of amides is 1. The van der Waals surface area contributed by atoms with E-state index in [2.05, 4.69) is 36.4 Å². The van der Waals surface area contributed by atoms with Gasteiger partial charge in [-0.1, -0.05) is 0 Å². The minimum absolute atomic E-state index is 0.0233. The van der Waals surface area contributed by atoms with Crippen molar-refractivity contribution in [2.75, 3.05) is 6.54 Å². The van der Waals surface area contributed by atoms with Crippen molar-refractivity contribution >= 4 is 5.91 Å². The average molecular weight is 249 g/mol. The van der Waals surface area contributed by atoms with E-state index in [4.69, 9.17) is 0 Å². The molecular formula is C14H23N3O. The monoisotopic (exact) mass is 249 g/mol. The lowest BCUT2D eigenvalue weighted by Gasteiger charge is -2.20. The molecule has 0 saturated heterocycles. The van der Waals surface area contributed by atoms with E-state index in [1.54, 1.807) is 12.4 Å². The number of nitrogens with one attached hydrogen (secondary N) is 2. The van der Waals surface area contributed by atoms with Gasteiger partial charge in [-0.25, -0.2) is 0 Å². The number of nitrogens with zero attached hydrogens (tertiary/aromatic N) is 1. The molecule has 0 fully saturated rings. The van der Waals surface area contributed by atoms with Crippen LogP contribution in [0.15, 0.2) is 24.5 Å². The van der Waals surface area contributed by atoms with Gasteiger partial charge in [-0.2, -0.15) is 0 Å². The van der Waals surface area contributed by atoms with Crippen LogP contribution in [0.5, 0.6) is 0 Å². The third-order valence-electron chi connectivity index (χ3n) is 2.59. The molecule has 0 aliphatic heterocycles. The van der Waals surface area contributed by atoms with Crippen LogP contribution in [0, 0.1) is 0 Å². The van der Waals surface area contributed by atoms with E-state index in [1.807, 2.05) is 19.1 Å². The first kappa shape index (κ1) is 14.6. The summed E-state index contributed by atoms with van der Waals surface area (Å²) in [5.74, 6) is 0.0658. The van der Waals surface area contributed by atoms with Gasteiger partial charge in [0.2, 0.25) is 5.91 Å². The molecule has 0 unspecified atom stereocenters. The SMILES string of the molecule is C[C@H](NC(=O)CCNC(C)(C)C)c1ccncc1. The number of aromatic nitrogens is 1. The maximum Gasteiger partial charge on any atom is 0.221 e. The first-order chi connectivity index (χ1) is 8.38. The fourth-order valence-corrected chi connectivity index (χ4v) is 1.60. The lowest BCUT2D eigenvalue weighted by atomic mass is 10.1. The van der Waals surface area contributed by atoms with Crippen LogP contribution in [0.4, 0.5) is 0 Å². The standard InChI is InChI=1S/C14H23N3O/c1-11(12-5-8-15-9-6-12)17-13(18)7-10-16-14(2,3)4/h5-6,8-9,11,16H,7,10H2,1-4H3,(H,17,18)/t11-/m0/s1. The average Bonchev–Trinajstić information content (AvgIpc) is 2.28. The Kier molecular flexibility index (Phi) is 5.28. The van der Waals surface area contributed by atoms with Crippen LogP contribution >= 0.6 is 0 Å². The first-order valence-electron chi connectivity index (χ1n) is 6.33. The normalized spacial score (nSPS) is 13.1. The molecule has 2 N–H and O–H groups in total. The summed E-state index contributed by atoms with van der Waals surface area (Å²) in [6.07, 6.45) is 3.96. The van der Waals surface area contributed by atoms with Crippen LogP contribution in [0.2, 0.25) is 0 Å². The van der Waals surface area contributed by atoms with E-state index in [-0.39, 0.29) is 17.5 Å². The molecule has 0 spiro atoms. The molecule has 18 heavy (non-hydrogen) atoms. The first-order valence-corrected chi connectivity index (χ1v) is 6.33. The summed E-state index contributed by atoms with van der Waals surface area (Å²) in [4.78, 5) is 15.7. The molecule has 0 aliphatic carbocycles. The molecule has 0 bridgehead atoms. The van der Waals surface area contributed by atoms with Gasteiger partial charge < -0.3 is 10.6 Å². The second kappa shape index (κ2) is 6.50. The third-order valence-corrected chi connectivity index (χ3v) is 2.59. The van der Waals surface area contributed by atoms with Gasteiger partial charge >= 0.3 is 0 Å². The highest BCUT2D eigenvalue weighted by atomic mass is 16.1. The van der Waals surface area contributed by atoms with Gasteiger partial charge in [0.15, 0.2) is 0 Å². The van der Waals surface area contributed by atoms with Crippen molar-refractivity contribution in [2.24, 2.45) is 0 Å². The zero-order valence-corrected chi connectivity index (χ0v) is 11.7. The molecule has 1 heterocycles. The molecule has 100 valence electrons. The third kappa shape index (κ3) is 5.77. The van der Waals surface area contributed by atoms with Crippen molar-refractivity contribution in [1.82, 2.24) is 15.6 Å². The molecule has 0 saturated carbocycles. The molecule has 1 aromatic rings. The van der Waals surface area contributed by atoms with Crippen molar-refractivity contribution in [3.05, 3.63) is 30.1 Å². The van der Waals surface area contributed by atoms with Gasteiger partial charge in [-0.15, -0.1) is 0 Å². The summed E-state index contributed by atoms with van der Waals surface area (Å²) in [7, 11) is 0. The molecule has 4 nitrogen and oxygen atoms in total. The molecule has 1 atom stereocenters. The Morgan fingerprint density at radius 3 is 2.50 bits per heavy atom. The number of hydrogen-bond donors (Lipinski definition) is 2. The van der Waals surface area contributed by atoms with Crippen LogP contribution < -0.4 is 10.6 Å². The van der Waals surface area contributed by atoms with Crippen LogP contribution in [0.25, 0.3) is 0 Å². The van der Waals surface area contributed by atoms with Gasteiger partial charge in [0.05, 0.1) is 6.04 Å². The summed E-state index contributed by atoms with van der Waals surface area (Å²) >= 11 is 0. The Labute approximate surface area is 109 Å². The van der Waals surface area contributed by atoms with Gasteiger partial charge in [-0.05, 0) is 45.4 Å². The van der Waals surface area contributed by atoms with E-state index < -0.39 is 0 Å². The molecule has 1 aromatic heterocycles. The maximum atomic E-state index is 11.7. The number of carbonyl (C=O) groups is 1. The highest BCUT2D eigenvalue weighted by molar-refractivity contribution is 5.76. The van der Waals surface area contributed by atoms with E-state index >= 15 is 0 Å². The zero-order valence-electron chi connectivity index (χ0n) is 11.7. The highest BCUT2D eigenvalue weighted by Gasteiger charge is 2.11. The minimum Gasteiger partial charge on any atom is -0.350 e. The fraction of sp³-hybridized carbons (Fsp3) is 0.571. The summed E-state index contributed by atoms with van der Waals surface area (Å²) in [6.45, 7) is 8.93. The summed E-state index contributed by atoms with van der Waals surface area (Å²) < 4.78 is 0. The second-order valence-electron chi connectivity index (χ2n) is 5.50. The zero-order chi connectivity index (χ0) is 13.6. The van der Waals surface area contributed by atoms with Crippen molar-refractivity contribution in [3.8, 4) is 0 Å². The van der Waals surface area contributed by atoms with Crippen molar-refractivity contribution in [3.63, 3.8) is 0 Å². The molecule has 1 amide bonds. The van der Waals surface area contributed by atoms with E-state index in [1.165, 1.54) is 0 Å². The second-order valence-corrected chi connectivity index (χ2v) is 5.50. The summed E-state index contributed by atoms with van der Waals surface area (Å²) in [6, 6.07) is 3.85. The maximum absolute atomic E-state index is 11.7. The highest BCUT2D eigenvalue weighted by Crippen LogP contribution is 2.10. The topological polar surface area (TPSA) is 54.0 Å². The molecular weight excluding hydrogens is 226 g/mol. The quantitative estimate of drug-likeness (QED) is 0.839. The molecule has 0 radical (unpaired) electrons. The van der Waals surface area contributed by atoms with Crippen LogP contribution in [-0.4, -0.2) is 23.0 Å². The Morgan fingerprint density at radius 2 is 1.94 bits per heavy atom. The smallest absolute Gasteiger partial charge is 0.221 e. The Morgan fingerprint density at radius 1 is 1.33 bits per heavy atom. The van der Waals surface area contributed by atoms with Crippen LogP contribution in [0.3, 0.4) is 0 Å². The van der Waals surface area contributed by atoms with E-state index in [0.29, 0.717) is 13.0 Å². The predicted octanol–water partition coefficient (Wildman–Crippen LogP) is 2.04. The van der Waals surface area contributed by atoms with Crippen molar-refractivity contribution < 1.29 is 4.79 Å². The minimum atomic E-state index is 0.0233. The van der Waals surface area contributed by atoms with Gasteiger partial charge in [-0.3, -0.25) is 9.78 Å². The molecule has 0 aromatic carbocycles. The molecule has 4 heteroatoms. The molecule has 0 aliphatic rings. The van der Waals surface area contributed by atoms with E-state index in [0.717, 1.165) is 5.56 Å². The van der Waals surface area contributed by atoms with Crippen molar-refractivity contribution in [2.45, 2.75) is 45.7 Å². The van der Waals surface area contributed by atoms with Crippen LogP contribution in [0.1, 0.15) is 45.7 Å². The van der Waals surface area contributed by atoms with Crippen LogP contribution in [-0.2, 0) is 4.79 Å². The lowest BCUT2D eigenvalue weighted by Crippen LogP contribution is -2.38. The Hall–Kier alpha value is -1.42. The molecule has 1 rings (SSSR count). The Balaban J connectivity index is 2.32. The Bertz CT molecular complexity index is 370. The number of pyridine rings is 1. The fourth-order valence-electron chi connectivity index (χ4n) is 1.60. The summed E-state index contributed by atoms with van der Waals surface area (Å²) in [5.41, 5.74) is 1.12. The van der Waals surface area contributed by atoms with Crippen molar-refractivity contribution in [1.29, 1.82) is 0 Å². The van der Waals surface area contributed by atoms with E-state index in [9.17, 15) is 4.79 Å². The van der Waals surface area contributed by atoms with Gasteiger partial charge in [0.1, 0.15) is 0 Å². The number of hydrogen-bond acceptors (Lipinski definition) is 3. The largest absolute Gasteiger partial charge is 0.350 e. The van der Waals surface area contributed by atoms with Gasteiger partial charge in [0, 0.05) is 30.9 Å². The number of rotatable bonds is 5. The predicted molar refractivity (Wildman–Crippen MR) is 73.2 cm³/mol. The number of carbonyl (C=O) groups excluding carboxylic acids is 1.